The second-order valence-electron chi connectivity index (χ2n) is 3.91. The lowest BCUT2D eigenvalue weighted by Gasteiger charge is -2.07. The maximum Gasteiger partial charge on any atom is 0.339 e. The number of hydrogen-bond acceptors (Lipinski definition) is 4. The average Bonchev–Trinajstić information content (AvgIpc) is 2.46. The summed E-state index contributed by atoms with van der Waals surface area (Å²) in [6.07, 6.45) is -2.07. The summed E-state index contributed by atoms with van der Waals surface area (Å²) < 4.78 is 25.6. The minimum Gasteiger partial charge on any atom is -0.478 e. The Labute approximate surface area is 128 Å². The van der Waals surface area contributed by atoms with Crippen molar-refractivity contribution in [3.63, 3.8) is 0 Å². The first-order chi connectivity index (χ1) is 9.99. The summed E-state index contributed by atoms with van der Waals surface area (Å²) in [7, 11) is 0. The van der Waals surface area contributed by atoms with Crippen molar-refractivity contribution < 1.29 is 18.7 Å². The summed E-state index contributed by atoms with van der Waals surface area (Å²) in [5.41, 5.74) is -1.36. The molecule has 0 saturated carbocycles. The molecule has 0 fully saturated rings. The van der Waals surface area contributed by atoms with Gasteiger partial charge < -0.3 is 5.11 Å². The van der Waals surface area contributed by atoms with Crippen LogP contribution in [0.1, 0.15) is 28.3 Å². The van der Waals surface area contributed by atoms with Crippen molar-refractivity contribution in [2.75, 3.05) is 0 Å². The second-order valence-corrected chi connectivity index (χ2v) is 5.33. The van der Waals surface area contributed by atoms with Crippen molar-refractivity contribution in [2.45, 2.75) is 17.1 Å². The molecule has 0 aliphatic carbocycles. The first-order valence-electron chi connectivity index (χ1n) is 5.73. The highest BCUT2D eigenvalue weighted by atomic mass is 35.5. The van der Waals surface area contributed by atoms with Crippen LogP contribution in [0.4, 0.5) is 8.78 Å². The van der Waals surface area contributed by atoms with E-state index in [1.807, 2.05) is 0 Å². The predicted molar refractivity (Wildman–Crippen MR) is 75.0 cm³/mol. The number of benzene rings is 1. The molecule has 1 heterocycles. The molecule has 8 heteroatoms. The quantitative estimate of drug-likeness (QED) is 0.838. The third-order valence-electron chi connectivity index (χ3n) is 2.50. The summed E-state index contributed by atoms with van der Waals surface area (Å²) in [5, 5.41) is 9.35. The Hall–Kier alpha value is -1.73. The molecule has 1 aromatic heterocycles. The zero-order valence-electron chi connectivity index (χ0n) is 10.5. The largest absolute Gasteiger partial charge is 0.478 e. The molecule has 0 radical (unpaired) electrons. The number of carboxylic acid groups (broad SMARTS) is 1. The van der Waals surface area contributed by atoms with E-state index >= 15 is 0 Å². The molecule has 0 atom stereocenters. The second kappa shape index (κ2) is 6.82. The van der Waals surface area contributed by atoms with Crippen LogP contribution in [-0.2, 0) is 5.75 Å². The molecule has 4 nitrogen and oxygen atoms in total. The van der Waals surface area contributed by atoms with Gasteiger partial charge in [-0.15, -0.1) is 11.8 Å². The van der Waals surface area contributed by atoms with Gasteiger partial charge >= 0.3 is 5.97 Å². The minimum atomic E-state index is -2.97. The number of nitrogens with zero attached hydrogens (tertiary/aromatic N) is 2. The van der Waals surface area contributed by atoms with Crippen molar-refractivity contribution >= 4 is 29.3 Å². The molecule has 2 aromatic rings. The zero-order chi connectivity index (χ0) is 15.4. The lowest BCUT2D eigenvalue weighted by Crippen LogP contribution is -2.09. The van der Waals surface area contributed by atoms with Gasteiger partial charge in [0.25, 0.3) is 6.43 Å². The van der Waals surface area contributed by atoms with Gasteiger partial charge in [0.15, 0.2) is 0 Å². The number of carboxylic acids is 1. The number of thioether (sulfide) groups is 1. The molecule has 1 aromatic carbocycles. The van der Waals surface area contributed by atoms with E-state index in [4.69, 9.17) is 16.7 Å². The van der Waals surface area contributed by atoms with E-state index in [1.54, 1.807) is 24.3 Å². The van der Waals surface area contributed by atoms with Crippen molar-refractivity contribution in [3.05, 3.63) is 52.6 Å². The molecule has 0 unspecified atom stereocenters. The van der Waals surface area contributed by atoms with Crippen LogP contribution in [0.15, 0.2) is 35.4 Å². The number of alkyl halides is 2. The van der Waals surface area contributed by atoms with E-state index in [9.17, 15) is 13.6 Å². The smallest absolute Gasteiger partial charge is 0.339 e. The maximum absolute atomic E-state index is 12.8. The van der Waals surface area contributed by atoms with Gasteiger partial charge in [0.05, 0.1) is 10.8 Å². The maximum atomic E-state index is 12.8. The molecule has 21 heavy (non-hydrogen) atoms. The summed E-state index contributed by atoms with van der Waals surface area (Å²) in [6.45, 7) is 0. The molecule has 0 bridgehead atoms. The number of aromatic nitrogens is 2. The van der Waals surface area contributed by atoms with Crippen LogP contribution in [0.3, 0.4) is 0 Å². The lowest BCUT2D eigenvalue weighted by atomic mass is 10.2. The monoisotopic (exact) mass is 330 g/mol. The third kappa shape index (κ3) is 3.89. The average molecular weight is 331 g/mol. The van der Waals surface area contributed by atoms with E-state index in [2.05, 4.69) is 9.97 Å². The van der Waals surface area contributed by atoms with E-state index < -0.39 is 23.7 Å². The van der Waals surface area contributed by atoms with Crippen molar-refractivity contribution in [3.8, 4) is 0 Å². The van der Waals surface area contributed by atoms with Crippen LogP contribution in [0.25, 0.3) is 0 Å². The third-order valence-corrected chi connectivity index (χ3v) is 4.01. The molecule has 0 aliphatic rings. The Morgan fingerprint density at radius 2 is 2.10 bits per heavy atom. The Morgan fingerprint density at radius 3 is 2.71 bits per heavy atom. The van der Waals surface area contributed by atoms with Gasteiger partial charge in [0.1, 0.15) is 17.1 Å². The van der Waals surface area contributed by atoms with Crippen LogP contribution in [0.5, 0.6) is 0 Å². The highest BCUT2D eigenvalue weighted by Crippen LogP contribution is 2.29. The number of rotatable bonds is 5. The standard InChI is InChI=1S/C13H9ClF2N2O2S/c14-8-3-1-2-4-9(8)21-6-10-17-5-7(13(19)20)11(18-10)12(15)16/h1-5,12H,6H2,(H,19,20). The van der Waals surface area contributed by atoms with Crippen LogP contribution < -0.4 is 0 Å². The van der Waals surface area contributed by atoms with Gasteiger partial charge in [-0.2, -0.15) is 0 Å². The first kappa shape index (κ1) is 15.7. The minimum absolute atomic E-state index is 0.125. The topological polar surface area (TPSA) is 63.1 Å². The zero-order valence-corrected chi connectivity index (χ0v) is 12.0. The molecular weight excluding hydrogens is 322 g/mol. The predicted octanol–water partition coefficient (Wildman–Crippen LogP) is 4.06. The molecular formula is C13H9ClF2N2O2S. The van der Waals surface area contributed by atoms with Crippen LogP contribution >= 0.6 is 23.4 Å². The first-order valence-corrected chi connectivity index (χ1v) is 7.10. The molecule has 2 rings (SSSR count). The molecule has 1 N–H and O–H groups in total. The summed E-state index contributed by atoms with van der Waals surface area (Å²) in [5.74, 6) is -1.14. The molecule has 0 amide bonds. The summed E-state index contributed by atoms with van der Waals surface area (Å²) in [6, 6.07) is 7.07. The Bertz CT molecular complexity index is 670. The Balaban J connectivity index is 2.20. The van der Waals surface area contributed by atoms with Crippen LogP contribution in [0, 0.1) is 0 Å². The molecule has 0 aliphatic heterocycles. The fraction of sp³-hybridized carbons (Fsp3) is 0.154. The number of carbonyl (C=O) groups is 1. The van der Waals surface area contributed by atoms with Crippen molar-refractivity contribution in [2.24, 2.45) is 0 Å². The van der Waals surface area contributed by atoms with Crippen molar-refractivity contribution in [1.29, 1.82) is 0 Å². The van der Waals surface area contributed by atoms with E-state index in [1.165, 1.54) is 11.8 Å². The van der Waals surface area contributed by atoms with Gasteiger partial charge in [-0.3, -0.25) is 0 Å². The normalized spacial score (nSPS) is 10.9. The number of aromatic carboxylic acids is 1. The number of hydrogen-bond donors (Lipinski definition) is 1. The fourth-order valence-corrected chi connectivity index (χ4v) is 2.64. The summed E-state index contributed by atoms with van der Waals surface area (Å²) in [4.78, 5) is 19.0. The van der Waals surface area contributed by atoms with Crippen molar-refractivity contribution in [1.82, 2.24) is 9.97 Å². The molecule has 0 saturated heterocycles. The number of halogens is 3. The van der Waals surface area contributed by atoms with Crippen LogP contribution in [-0.4, -0.2) is 21.0 Å². The van der Waals surface area contributed by atoms with Gasteiger partial charge in [0.2, 0.25) is 0 Å². The fourth-order valence-electron chi connectivity index (χ4n) is 1.54. The summed E-state index contributed by atoms with van der Waals surface area (Å²) >= 11 is 7.27. The lowest BCUT2D eigenvalue weighted by molar-refractivity contribution is 0.0681. The SMILES string of the molecule is O=C(O)c1cnc(CSc2ccccc2Cl)nc1C(F)F. The Kier molecular flexibility index (Phi) is 5.08. The highest BCUT2D eigenvalue weighted by molar-refractivity contribution is 7.98. The van der Waals surface area contributed by atoms with Gasteiger partial charge in [-0.25, -0.2) is 23.5 Å². The van der Waals surface area contributed by atoms with Gasteiger partial charge in [0, 0.05) is 11.1 Å². The van der Waals surface area contributed by atoms with E-state index in [0.717, 1.165) is 11.1 Å². The Morgan fingerprint density at radius 1 is 1.38 bits per heavy atom. The molecule has 0 spiro atoms. The van der Waals surface area contributed by atoms with E-state index in [0.29, 0.717) is 5.02 Å². The molecule has 110 valence electrons. The van der Waals surface area contributed by atoms with Gasteiger partial charge in [-0.1, -0.05) is 23.7 Å². The van der Waals surface area contributed by atoms with Gasteiger partial charge in [-0.05, 0) is 12.1 Å². The van der Waals surface area contributed by atoms with E-state index in [-0.39, 0.29) is 11.6 Å². The van der Waals surface area contributed by atoms with Crippen LogP contribution in [0.2, 0.25) is 5.02 Å². The highest BCUT2D eigenvalue weighted by Gasteiger charge is 2.21.